The van der Waals surface area contributed by atoms with E-state index >= 15 is 0 Å². The molecule has 0 spiro atoms. The molecule has 2 aromatic rings. The Morgan fingerprint density at radius 3 is 2.40 bits per heavy atom. The van der Waals surface area contributed by atoms with Crippen LogP contribution in [0, 0.1) is 5.82 Å². The summed E-state index contributed by atoms with van der Waals surface area (Å²) in [6, 6.07) is 10.6. The fourth-order valence-corrected chi connectivity index (χ4v) is 4.92. The molecule has 2 N–H and O–H groups in total. The smallest absolute Gasteiger partial charge is 0.313 e. The van der Waals surface area contributed by atoms with Crippen molar-refractivity contribution in [3.05, 3.63) is 54.3 Å². The Kier molecular flexibility index (Phi) is 6.68. The highest BCUT2D eigenvalue weighted by Gasteiger charge is 2.35. The van der Waals surface area contributed by atoms with Crippen molar-refractivity contribution in [3.63, 3.8) is 0 Å². The highest BCUT2D eigenvalue weighted by molar-refractivity contribution is 7.89. The molecule has 0 unspecified atom stereocenters. The van der Waals surface area contributed by atoms with Crippen LogP contribution in [0.1, 0.15) is 12.8 Å². The van der Waals surface area contributed by atoms with E-state index in [9.17, 15) is 22.4 Å². The molecule has 0 bridgehead atoms. The van der Waals surface area contributed by atoms with Crippen LogP contribution in [0.25, 0.3) is 0 Å². The first-order chi connectivity index (χ1) is 14.3. The van der Waals surface area contributed by atoms with E-state index in [0.717, 1.165) is 12.1 Å². The van der Waals surface area contributed by atoms with Gasteiger partial charge in [-0.15, -0.1) is 0 Å². The van der Waals surface area contributed by atoms with Crippen molar-refractivity contribution in [1.82, 2.24) is 9.62 Å². The Balaban J connectivity index is 1.60. The lowest BCUT2D eigenvalue weighted by molar-refractivity contribution is -0.136. The number of hydrogen-bond donors (Lipinski definition) is 2. The lowest BCUT2D eigenvalue weighted by Gasteiger charge is -2.24. The largest absolute Gasteiger partial charge is 0.497 e. The fraction of sp³-hybridized carbons (Fsp3) is 0.300. The molecule has 8 nitrogen and oxygen atoms in total. The number of sulfonamides is 1. The van der Waals surface area contributed by atoms with E-state index in [1.165, 1.54) is 35.7 Å². The first-order valence-corrected chi connectivity index (χ1v) is 10.8. The van der Waals surface area contributed by atoms with Crippen LogP contribution in [0.5, 0.6) is 5.75 Å². The number of ether oxygens (including phenoxy) is 1. The van der Waals surface area contributed by atoms with E-state index in [4.69, 9.17) is 4.74 Å². The lowest BCUT2D eigenvalue weighted by Crippen LogP contribution is -2.45. The quantitative estimate of drug-likeness (QED) is 0.673. The molecule has 1 atom stereocenters. The number of halogens is 1. The minimum absolute atomic E-state index is 0.00502. The molecular weight excluding hydrogens is 413 g/mol. The number of nitrogens with one attached hydrogen (secondary N) is 2. The van der Waals surface area contributed by atoms with Gasteiger partial charge in [0.25, 0.3) is 0 Å². The average Bonchev–Trinajstić information content (AvgIpc) is 3.23. The molecule has 0 radical (unpaired) electrons. The van der Waals surface area contributed by atoms with Crippen LogP contribution in [-0.4, -0.2) is 50.8 Å². The zero-order valence-corrected chi connectivity index (χ0v) is 17.1. The maximum Gasteiger partial charge on any atom is 0.313 e. The molecular formula is C20H22FN3O5S. The fourth-order valence-electron chi connectivity index (χ4n) is 3.22. The second kappa shape index (κ2) is 9.23. The van der Waals surface area contributed by atoms with E-state index < -0.39 is 33.7 Å². The Morgan fingerprint density at radius 2 is 1.77 bits per heavy atom. The topological polar surface area (TPSA) is 105 Å². The second-order valence-electron chi connectivity index (χ2n) is 6.76. The molecule has 30 heavy (non-hydrogen) atoms. The summed E-state index contributed by atoms with van der Waals surface area (Å²) in [4.78, 5) is 24.2. The number of carbonyl (C=O) groups is 2. The molecule has 1 saturated heterocycles. The molecule has 1 aliphatic heterocycles. The number of carbonyl (C=O) groups excluding carboxylic acids is 2. The van der Waals surface area contributed by atoms with E-state index in [1.807, 2.05) is 0 Å². The predicted molar refractivity (Wildman–Crippen MR) is 108 cm³/mol. The summed E-state index contributed by atoms with van der Waals surface area (Å²) < 4.78 is 45.2. The third-order valence-corrected chi connectivity index (χ3v) is 6.76. The number of hydrogen-bond acceptors (Lipinski definition) is 5. The van der Waals surface area contributed by atoms with Crippen LogP contribution in [0.15, 0.2) is 53.4 Å². The van der Waals surface area contributed by atoms with E-state index in [1.54, 1.807) is 12.1 Å². The van der Waals surface area contributed by atoms with Crippen LogP contribution < -0.4 is 15.4 Å². The number of nitrogens with zero attached hydrogens (tertiary/aromatic N) is 1. The van der Waals surface area contributed by atoms with Gasteiger partial charge in [-0.3, -0.25) is 9.59 Å². The number of methoxy groups -OCH3 is 1. The molecule has 2 amide bonds. The van der Waals surface area contributed by atoms with Crippen LogP contribution in [0.3, 0.4) is 0 Å². The second-order valence-corrected chi connectivity index (χ2v) is 8.65. The van der Waals surface area contributed by atoms with E-state index in [-0.39, 0.29) is 17.1 Å². The lowest BCUT2D eigenvalue weighted by atomic mass is 10.2. The SMILES string of the molecule is COc1ccc(S(=O)(=O)N2CCC[C@@H]2CNC(=O)C(=O)Nc2ccc(F)cc2)cc1. The van der Waals surface area contributed by atoms with Gasteiger partial charge in [0, 0.05) is 24.8 Å². The summed E-state index contributed by atoms with van der Waals surface area (Å²) in [5.74, 6) is -1.72. The number of rotatable bonds is 6. The van der Waals surface area contributed by atoms with E-state index in [0.29, 0.717) is 25.1 Å². The normalized spacial score (nSPS) is 16.8. The van der Waals surface area contributed by atoms with Crippen LogP contribution in [-0.2, 0) is 19.6 Å². The van der Waals surface area contributed by atoms with Gasteiger partial charge in [-0.25, -0.2) is 12.8 Å². The Labute approximate surface area is 174 Å². The van der Waals surface area contributed by atoms with Gasteiger partial charge in [0.15, 0.2) is 0 Å². The molecule has 1 heterocycles. The molecule has 3 rings (SSSR count). The van der Waals surface area contributed by atoms with Crippen molar-refractivity contribution >= 4 is 27.5 Å². The molecule has 10 heteroatoms. The summed E-state index contributed by atoms with van der Waals surface area (Å²) in [7, 11) is -2.25. The highest BCUT2D eigenvalue weighted by atomic mass is 32.2. The zero-order valence-electron chi connectivity index (χ0n) is 16.3. The average molecular weight is 435 g/mol. The maximum absolute atomic E-state index is 13.0. The van der Waals surface area contributed by atoms with Crippen molar-refractivity contribution in [1.29, 1.82) is 0 Å². The van der Waals surface area contributed by atoms with Gasteiger partial charge in [0.2, 0.25) is 10.0 Å². The van der Waals surface area contributed by atoms with Crippen molar-refractivity contribution in [2.24, 2.45) is 0 Å². The van der Waals surface area contributed by atoms with E-state index in [2.05, 4.69) is 10.6 Å². The highest BCUT2D eigenvalue weighted by Crippen LogP contribution is 2.26. The van der Waals surface area contributed by atoms with Crippen LogP contribution in [0.4, 0.5) is 10.1 Å². The summed E-state index contributed by atoms with van der Waals surface area (Å²) in [5, 5.41) is 4.84. The summed E-state index contributed by atoms with van der Waals surface area (Å²) in [6.07, 6.45) is 1.22. The number of benzene rings is 2. The summed E-state index contributed by atoms with van der Waals surface area (Å²) in [6.45, 7) is 0.335. The standard InChI is InChI=1S/C20H22FN3O5S/c1-29-17-8-10-18(11-9-17)30(27,28)24-12-2-3-16(24)13-22-19(25)20(26)23-15-6-4-14(21)5-7-15/h4-11,16H,2-3,12-13H2,1H3,(H,22,25)(H,23,26)/t16-/m1/s1. The molecule has 1 aliphatic rings. The van der Waals surface area contributed by atoms with Gasteiger partial charge >= 0.3 is 11.8 Å². The molecule has 0 aromatic heterocycles. The minimum atomic E-state index is -3.74. The Bertz CT molecular complexity index is 1010. The monoisotopic (exact) mass is 435 g/mol. The first kappa shape index (κ1) is 21.7. The van der Waals surface area contributed by atoms with Gasteiger partial charge in [0.05, 0.1) is 12.0 Å². The number of amides is 2. The molecule has 0 aliphatic carbocycles. The van der Waals surface area contributed by atoms with Gasteiger partial charge in [-0.1, -0.05) is 0 Å². The predicted octanol–water partition coefficient (Wildman–Crippen LogP) is 1.74. The van der Waals surface area contributed by atoms with Crippen molar-refractivity contribution in [2.45, 2.75) is 23.8 Å². The molecule has 0 saturated carbocycles. The maximum atomic E-state index is 13.0. The minimum Gasteiger partial charge on any atom is -0.497 e. The van der Waals surface area contributed by atoms with Crippen LogP contribution >= 0.6 is 0 Å². The third-order valence-electron chi connectivity index (χ3n) is 4.80. The summed E-state index contributed by atoms with van der Waals surface area (Å²) >= 11 is 0. The number of anilines is 1. The molecule has 160 valence electrons. The van der Waals surface area contributed by atoms with Crippen molar-refractivity contribution in [3.8, 4) is 5.75 Å². The van der Waals surface area contributed by atoms with Gasteiger partial charge in [-0.2, -0.15) is 4.31 Å². The van der Waals surface area contributed by atoms with Crippen molar-refractivity contribution in [2.75, 3.05) is 25.5 Å². The molecule has 1 fully saturated rings. The zero-order chi connectivity index (χ0) is 21.7. The first-order valence-electron chi connectivity index (χ1n) is 9.32. The Hall–Kier alpha value is -2.98. The van der Waals surface area contributed by atoms with Gasteiger partial charge in [0.1, 0.15) is 11.6 Å². The van der Waals surface area contributed by atoms with Crippen molar-refractivity contribution < 1.29 is 27.1 Å². The molecule has 2 aromatic carbocycles. The van der Waals surface area contributed by atoms with Gasteiger partial charge in [-0.05, 0) is 61.4 Å². The van der Waals surface area contributed by atoms with Crippen LogP contribution in [0.2, 0.25) is 0 Å². The Morgan fingerprint density at radius 1 is 1.10 bits per heavy atom. The third kappa shape index (κ3) is 4.95. The van der Waals surface area contributed by atoms with Gasteiger partial charge < -0.3 is 15.4 Å². The summed E-state index contributed by atoms with van der Waals surface area (Å²) in [5.41, 5.74) is 0.279.